The third-order valence-electron chi connectivity index (χ3n) is 3.82. The number of carboxylic acids is 1. The maximum absolute atomic E-state index is 12.4. The Morgan fingerprint density at radius 3 is 2.33 bits per heavy atom. The van der Waals surface area contributed by atoms with Crippen LogP contribution in [0.15, 0.2) is 18.2 Å². The Morgan fingerprint density at radius 2 is 1.85 bits per heavy atom. The van der Waals surface area contributed by atoms with E-state index in [9.17, 15) is 24.5 Å². The summed E-state index contributed by atoms with van der Waals surface area (Å²) in [4.78, 5) is 45.6. The van der Waals surface area contributed by atoms with Gasteiger partial charge in [0.25, 0.3) is 11.6 Å². The molecular weight excluding hydrogens is 378 g/mol. The number of rotatable bonds is 9. The van der Waals surface area contributed by atoms with Crippen LogP contribution in [0.2, 0.25) is 5.02 Å². The summed E-state index contributed by atoms with van der Waals surface area (Å²) in [5.74, 6) is -2.30. The second-order valence-electron chi connectivity index (χ2n) is 6.46. The van der Waals surface area contributed by atoms with Gasteiger partial charge in [-0.3, -0.25) is 24.5 Å². The van der Waals surface area contributed by atoms with E-state index in [1.54, 1.807) is 20.8 Å². The summed E-state index contributed by atoms with van der Waals surface area (Å²) in [6, 6.07) is 2.18. The van der Waals surface area contributed by atoms with Crippen LogP contribution < -0.4 is 10.6 Å². The van der Waals surface area contributed by atoms with Crippen molar-refractivity contribution in [2.75, 3.05) is 0 Å². The second-order valence-corrected chi connectivity index (χ2v) is 6.87. The van der Waals surface area contributed by atoms with Crippen LogP contribution in [-0.4, -0.2) is 39.9 Å². The van der Waals surface area contributed by atoms with Crippen LogP contribution in [0.25, 0.3) is 0 Å². The Hall–Kier alpha value is -2.68. The minimum atomic E-state index is -0.961. The van der Waals surface area contributed by atoms with Crippen molar-refractivity contribution < 1.29 is 24.4 Å². The lowest BCUT2D eigenvalue weighted by Gasteiger charge is -2.24. The van der Waals surface area contributed by atoms with Gasteiger partial charge in [-0.25, -0.2) is 0 Å². The van der Waals surface area contributed by atoms with E-state index >= 15 is 0 Å². The minimum Gasteiger partial charge on any atom is -0.481 e. The summed E-state index contributed by atoms with van der Waals surface area (Å²) in [5, 5.41) is 24.6. The first-order valence-corrected chi connectivity index (χ1v) is 8.67. The molecule has 0 bridgehead atoms. The van der Waals surface area contributed by atoms with Crippen molar-refractivity contribution in [3.63, 3.8) is 0 Å². The lowest BCUT2D eigenvalue weighted by Crippen LogP contribution is -2.51. The Labute approximate surface area is 161 Å². The first-order chi connectivity index (χ1) is 12.5. The molecule has 0 aromatic heterocycles. The van der Waals surface area contributed by atoms with E-state index in [2.05, 4.69) is 10.6 Å². The fourth-order valence-corrected chi connectivity index (χ4v) is 2.56. The molecule has 2 amide bonds. The largest absolute Gasteiger partial charge is 0.481 e. The quantitative estimate of drug-likeness (QED) is 0.430. The Bertz CT molecular complexity index is 737. The summed E-state index contributed by atoms with van der Waals surface area (Å²) in [6.07, 6.45) is 0.173. The average Bonchev–Trinajstić information content (AvgIpc) is 2.56. The van der Waals surface area contributed by atoms with Crippen LogP contribution in [0.3, 0.4) is 0 Å². The summed E-state index contributed by atoms with van der Waals surface area (Å²) in [7, 11) is 0. The van der Waals surface area contributed by atoms with Crippen molar-refractivity contribution in [3.05, 3.63) is 38.9 Å². The number of amides is 2. The molecule has 148 valence electrons. The Morgan fingerprint density at radius 1 is 1.22 bits per heavy atom. The van der Waals surface area contributed by atoms with Gasteiger partial charge in [0.05, 0.1) is 15.5 Å². The molecule has 3 N–H and O–H groups in total. The highest BCUT2D eigenvalue weighted by molar-refractivity contribution is 6.34. The number of non-ortho nitro benzene ring substituents is 1. The van der Waals surface area contributed by atoms with Gasteiger partial charge in [0, 0.05) is 24.6 Å². The average molecular weight is 400 g/mol. The second kappa shape index (κ2) is 9.86. The zero-order chi connectivity index (χ0) is 20.7. The number of aliphatic carboxylic acids is 1. The highest BCUT2D eigenvalue weighted by Crippen LogP contribution is 2.22. The Kier molecular flexibility index (Phi) is 8.17. The van der Waals surface area contributed by atoms with E-state index in [1.807, 2.05) is 0 Å². The van der Waals surface area contributed by atoms with E-state index in [0.717, 1.165) is 12.1 Å². The molecule has 1 aromatic carbocycles. The van der Waals surface area contributed by atoms with Crippen LogP contribution in [0.4, 0.5) is 5.69 Å². The van der Waals surface area contributed by atoms with Crippen molar-refractivity contribution in [1.82, 2.24) is 10.6 Å². The zero-order valence-electron chi connectivity index (χ0n) is 15.2. The van der Waals surface area contributed by atoms with E-state index in [0.29, 0.717) is 0 Å². The van der Waals surface area contributed by atoms with Gasteiger partial charge < -0.3 is 15.7 Å². The molecule has 0 spiro atoms. The predicted molar refractivity (Wildman–Crippen MR) is 98.7 cm³/mol. The van der Waals surface area contributed by atoms with Gasteiger partial charge in [-0.05, 0) is 25.3 Å². The molecule has 2 unspecified atom stereocenters. The van der Waals surface area contributed by atoms with Crippen molar-refractivity contribution in [1.29, 1.82) is 0 Å². The molecule has 2 atom stereocenters. The topological polar surface area (TPSA) is 139 Å². The lowest BCUT2D eigenvalue weighted by atomic mass is 10.0. The van der Waals surface area contributed by atoms with Gasteiger partial charge in [-0.1, -0.05) is 25.4 Å². The number of benzene rings is 1. The van der Waals surface area contributed by atoms with Crippen molar-refractivity contribution in [3.8, 4) is 0 Å². The molecule has 1 aromatic rings. The zero-order valence-corrected chi connectivity index (χ0v) is 15.9. The highest BCUT2D eigenvalue weighted by Gasteiger charge is 2.27. The number of nitrogens with zero attached hydrogens (tertiary/aromatic N) is 1. The number of nitro benzene ring substituents is 1. The fraction of sp³-hybridized carbons (Fsp3) is 0.471. The van der Waals surface area contributed by atoms with Gasteiger partial charge in [-0.15, -0.1) is 0 Å². The molecule has 27 heavy (non-hydrogen) atoms. The number of hydrogen-bond donors (Lipinski definition) is 3. The summed E-state index contributed by atoms with van der Waals surface area (Å²) in [5.41, 5.74) is -0.235. The molecule has 0 aliphatic rings. The number of nitrogens with one attached hydrogen (secondary N) is 2. The van der Waals surface area contributed by atoms with Crippen LogP contribution in [0, 0.1) is 16.0 Å². The molecule has 0 saturated heterocycles. The maximum Gasteiger partial charge on any atom is 0.303 e. The van der Waals surface area contributed by atoms with Gasteiger partial charge in [0.1, 0.15) is 6.04 Å². The van der Waals surface area contributed by atoms with E-state index in [1.165, 1.54) is 6.07 Å². The maximum atomic E-state index is 12.4. The molecule has 1 rings (SSSR count). The fourth-order valence-electron chi connectivity index (χ4n) is 2.30. The standard InChI is InChI=1S/C17H22ClN3O6/c1-9(2)15(17(25)19-10(3)4-7-14(22)23)20-16(24)12-6-5-11(21(26)27)8-13(12)18/h5-6,8-10,15H,4,7H2,1-3H3,(H,19,25)(H,20,24)(H,22,23). The van der Waals surface area contributed by atoms with E-state index < -0.39 is 28.7 Å². The molecule has 0 saturated carbocycles. The molecule has 0 fully saturated rings. The third kappa shape index (κ3) is 6.86. The number of carbonyl (C=O) groups is 3. The van der Waals surface area contributed by atoms with Crippen LogP contribution in [0.1, 0.15) is 44.0 Å². The van der Waals surface area contributed by atoms with Crippen molar-refractivity contribution in [2.45, 2.75) is 45.7 Å². The SMILES string of the molecule is CC(CCC(=O)O)NC(=O)C(NC(=O)c1ccc([N+](=O)[O-])cc1Cl)C(C)C. The number of hydrogen-bond acceptors (Lipinski definition) is 5. The van der Waals surface area contributed by atoms with Crippen LogP contribution >= 0.6 is 11.6 Å². The highest BCUT2D eigenvalue weighted by atomic mass is 35.5. The summed E-state index contributed by atoms with van der Waals surface area (Å²) < 4.78 is 0. The van der Waals surface area contributed by atoms with Crippen molar-refractivity contribution >= 4 is 35.1 Å². The molecule has 9 nitrogen and oxygen atoms in total. The molecule has 0 radical (unpaired) electrons. The van der Waals surface area contributed by atoms with Crippen molar-refractivity contribution in [2.24, 2.45) is 5.92 Å². The molecule has 0 heterocycles. The number of nitro groups is 1. The summed E-state index contributed by atoms with van der Waals surface area (Å²) in [6.45, 7) is 5.15. The first kappa shape index (κ1) is 22.4. The van der Waals surface area contributed by atoms with Gasteiger partial charge >= 0.3 is 5.97 Å². The first-order valence-electron chi connectivity index (χ1n) is 8.29. The van der Waals surface area contributed by atoms with Gasteiger partial charge in [-0.2, -0.15) is 0 Å². The smallest absolute Gasteiger partial charge is 0.303 e. The van der Waals surface area contributed by atoms with E-state index in [-0.39, 0.29) is 41.1 Å². The normalized spacial score (nSPS) is 12.9. The minimum absolute atomic E-state index is 0.0136. The predicted octanol–water partition coefficient (Wildman–Crippen LogP) is 2.37. The third-order valence-corrected chi connectivity index (χ3v) is 4.14. The monoisotopic (exact) mass is 399 g/mol. The van der Waals surface area contributed by atoms with E-state index in [4.69, 9.17) is 16.7 Å². The van der Waals surface area contributed by atoms with Gasteiger partial charge in [0.2, 0.25) is 5.91 Å². The molecule has 10 heteroatoms. The molecule has 0 aliphatic heterocycles. The van der Waals surface area contributed by atoms with Crippen LogP contribution in [0.5, 0.6) is 0 Å². The number of carbonyl (C=O) groups excluding carboxylic acids is 2. The Balaban J connectivity index is 2.84. The van der Waals surface area contributed by atoms with Gasteiger partial charge in [0.15, 0.2) is 0 Å². The van der Waals surface area contributed by atoms with Crippen LogP contribution in [-0.2, 0) is 9.59 Å². The molecular formula is C17H22ClN3O6. The lowest BCUT2D eigenvalue weighted by molar-refractivity contribution is -0.384. The number of carboxylic acid groups (broad SMARTS) is 1. The number of halogens is 1. The summed E-state index contributed by atoms with van der Waals surface area (Å²) >= 11 is 5.94. The molecule has 0 aliphatic carbocycles.